The molecule has 0 amide bonds. The lowest BCUT2D eigenvalue weighted by Crippen LogP contribution is -2.37. The summed E-state index contributed by atoms with van der Waals surface area (Å²) < 4.78 is 5.39. The van der Waals surface area contributed by atoms with Crippen LogP contribution in [0.3, 0.4) is 0 Å². The zero-order chi connectivity index (χ0) is 16.8. The Kier molecular flexibility index (Phi) is 5.25. The first-order valence-electron chi connectivity index (χ1n) is 8.24. The first-order valence-corrected chi connectivity index (χ1v) is 8.24. The molecule has 1 aromatic heterocycles. The Morgan fingerprint density at radius 1 is 1.29 bits per heavy atom. The molecule has 1 aliphatic rings. The Hall–Kier alpha value is -2.63. The van der Waals surface area contributed by atoms with E-state index in [1.54, 1.807) is 6.20 Å². The van der Waals surface area contributed by atoms with Gasteiger partial charge in [-0.1, -0.05) is 30.3 Å². The number of carbonyl (C=O) groups excluding carboxylic acids is 1. The first-order chi connectivity index (χ1) is 11.7. The van der Waals surface area contributed by atoms with Gasteiger partial charge in [0.1, 0.15) is 12.4 Å². The predicted octanol–water partition coefficient (Wildman–Crippen LogP) is 2.41. The van der Waals surface area contributed by atoms with E-state index < -0.39 is 0 Å². The number of piperidine rings is 1. The van der Waals surface area contributed by atoms with Crippen molar-refractivity contribution in [1.29, 1.82) is 0 Å². The van der Waals surface area contributed by atoms with Gasteiger partial charge in [-0.15, -0.1) is 0 Å². The fraction of sp³-hybridized carbons (Fsp3) is 0.389. The molecule has 0 saturated carbocycles. The number of hydrogen-bond acceptors (Lipinski definition) is 6. The van der Waals surface area contributed by atoms with Crippen molar-refractivity contribution in [2.75, 3.05) is 23.7 Å². The number of aromatic nitrogens is 2. The monoisotopic (exact) mass is 326 g/mol. The van der Waals surface area contributed by atoms with Crippen molar-refractivity contribution in [3.8, 4) is 0 Å². The number of ether oxygens (including phenoxy) is 1. The number of hydrogen-bond donors (Lipinski definition) is 1. The van der Waals surface area contributed by atoms with Crippen molar-refractivity contribution in [3.05, 3.63) is 48.2 Å². The Morgan fingerprint density at radius 2 is 2.12 bits per heavy atom. The lowest BCUT2D eigenvalue weighted by atomic mass is 9.95. The van der Waals surface area contributed by atoms with Gasteiger partial charge in [0, 0.05) is 19.3 Å². The second-order valence-corrected chi connectivity index (χ2v) is 6.08. The van der Waals surface area contributed by atoms with Crippen LogP contribution in [0.2, 0.25) is 0 Å². The molecule has 126 valence electrons. The quantitative estimate of drug-likeness (QED) is 0.850. The average Bonchev–Trinajstić information content (AvgIpc) is 2.61. The number of rotatable bonds is 5. The summed E-state index contributed by atoms with van der Waals surface area (Å²) in [6.07, 6.45) is 4.15. The molecule has 0 spiro atoms. The number of carbonyl (C=O) groups is 1. The van der Waals surface area contributed by atoms with Crippen LogP contribution in [0.4, 0.5) is 11.8 Å². The van der Waals surface area contributed by atoms with Gasteiger partial charge in [-0.2, -0.15) is 4.98 Å². The maximum absolute atomic E-state index is 12.1. The minimum atomic E-state index is -0.145. The van der Waals surface area contributed by atoms with E-state index in [1.165, 1.54) is 0 Å². The van der Waals surface area contributed by atoms with Crippen molar-refractivity contribution in [1.82, 2.24) is 9.97 Å². The summed E-state index contributed by atoms with van der Waals surface area (Å²) in [6, 6.07) is 11.6. The zero-order valence-electron chi connectivity index (χ0n) is 13.6. The smallest absolute Gasteiger partial charge is 0.306 e. The number of esters is 1. The standard InChI is InChI=1S/C18H22N4O2/c19-18-20-9-8-16(21-18)22-10-4-7-15(12-22)11-17(23)24-13-14-5-2-1-3-6-14/h1-3,5-6,8-9,15H,4,7,10-13H2,(H2,19,20,21)/t15-/m0/s1. The van der Waals surface area contributed by atoms with Crippen LogP contribution in [0.5, 0.6) is 0 Å². The summed E-state index contributed by atoms with van der Waals surface area (Å²) in [5.74, 6) is 1.23. The summed E-state index contributed by atoms with van der Waals surface area (Å²) in [5, 5.41) is 0. The highest BCUT2D eigenvalue weighted by Gasteiger charge is 2.23. The SMILES string of the molecule is Nc1nccc(N2CCC[C@@H](CC(=O)OCc3ccccc3)C2)n1. The third kappa shape index (κ3) is 4.44. The Balaban J connectivity index is 1.50. The topological polar surface area (TPSA) is 81.3 Å². The second kappa shape index (κ2) is 7.77. The normalized spacial score (nSPS) is 17.5. The molecule has 6 nitrogen and oxygen atoms in total. The summed E-state index contributed by atoms with van der Waals surface area (Å²) in [5.41, 5.74) is 6.66. The molecule has 0 unspecified atom stereocenters. The van der Waals surface area contributed by atoms with E-state index in [9.17, 15) is 4.79 Å². The first kappa shape index (κ1) is 16.2. The van der Waals surface area contributed by atoms with Crippen molar-refractivity contribution in [2.45, 2.75) is 25.9 Å². The highest BCUT2D eigenvalue weighted by atomic mass is 16.5. The molecule has 24 heavy (non-hydrogen) atoms. The van der Waals surface area contributed by atoms with Crippen LogP contribution in [0, 0.1) is 5.92 Å². The van der Waals surface area contributed by atoms with Gasteiger partial charge in [0.25, 0.3) is 0 Å². The van der Waals surface area contributed by atoms with Crippen LogP contribution < -0.4 is 10.6 Å². The molecule has 1 fully saturated rings. The minimum Gasteiger partial charge on any atom is -0.461 e. The van der Waals surface area contributed by atoms with Crippen LogP contribution >= 0.6 is 0 Å². The van der Waals surface area contributed by atoms with Crippen molar-refractivity contribution >= 4 is 17.7 Å². The van der Waals surface area contributed by atoms with E-state index in [0.717, 1.165) is 37.3 Å². The molecule has 1 aromatic carbocycles. The van der Waals surface area contributed by atoms with Gasteiger partial charge in [0.2, 0.25) is 5.95 Å². The van der Waals surface area contributed by atoms with E-state index in [4.69, 9.17) is 10.5 Å². The van der Waals surface area contributed by atoms with Gasteiger partial charge < -0.3 is 15.4 Å². The molecule has 2 N–H and O–H groups in total. The Morgan fingerprint density at radius 3 is 2.92 bits per heavy atom. The molecule has 0 bridgehead atoms. The van der Waals surface area contributed by atoms with E-state index in [-0.39, 0.29) is 17.8 Å². The van der Waals surface area contributed by atoms with E-state index in [1.807, 2.05) is 36.4 Å². The van der Waals surface area contributed by atoms with Gasteiger partial charge in [-0.3, -0.25) is 4.79 Å². The highest BCUT2D eigenvalue weighted by molar-refractivity contribution is 5.69. The van der Waals surface area contributed by atoms with Crippen LogP contribution in [0.1, 0.15) is 24.8 Å². The summed E-state index contributed by atoms with van der Waals surface area (Å²) in [4.78, 5) is 22.4. The maximum Gasteiger partial charge on any atom is 0.306 e. The molecule has 1 aliphatic heterocycles. The third-order valence-corrected chi connectivity index (χ3v) is 4.20. The number of benzene rings is 1. The van der Waals surface area contributed by atoms with Gasteiger partial charge in [-0.25, -0.2) is 4.98 Å². The lowest BCUT2D eigenvalue weighted by molar-refractivity contribution is -0.146. The summed E-state index contributed by atoms with van der Waals surface area (Å²) >= 11 is 0. The van der Waals surface area contributed by atoms with Crippen molar-refractivity contribution < 1.29 is 9.53 Å². The Labute approximate surface area is 141 Å². The second-order valence-electron chi connectivity index (χ2n) is 6.08. The molecule has 2 aromatic rings. The molecule has 6 heteroatoms. The van der Waals surface area contributed by atoms with Gasteiger partial charge in [0.05, 0.1) is 6.42 Å². The molecule has 3 rings (SSSR count). The van der Waals surface area contributed by atoms with Crippen LogP contribution in [-0.2, 0) is 16.1 Å². The van der Waals surface area contributed by atoms with Crippen LogP contribution in [-0.4, -0.2) is 29.0 Å². The third-order valence-electron chi connectivity index (χ3n) is 4.20. The van der Waals surface area contributed by atoms with Crippen molar-refractivity contribution in [2.24, 2.45) is 5.92 Å². The van der Waals surface area contributed by atoms with Gasteiger partial charge in [0.15, 0.2) is 0 Å². The summed E-state index contributed by atoms with van der Waals surface area (Å²) in [6.45, 7) is 2.04. The zero-order valence-corrected chi connectivity index (χ0v) is 13.6. The fourth-order valence-corrected chi connectivity index (χ4v) is 3.01. The van der Waals surface area contributed by atoms with Crippen molar-refractivity contribution in [3.63, 3.8) is 0 Å². The van der Waals surface area contributed by atoms with Crippen LogP contribution in [0.25, 0.3) is 0 Å². The fourth-order valence-electron chi connectivity index (χ4n) is 3.01. The maximum atomic E-state index is 12.1. The molecule has 1 atom stereocenters. The molecule has 1 saturated heterocycles. The number of nitrogens with zero attached hydrogens (tertiary/aromatic N) is 3. The number of anilines is 2. The van der Waals surface area contributed by atoms with E-state index in [2.05, 4.69) is 14.9 Å². The molecular formula is C18H22N4O2. The lowest BCUT2D eigenvalue weighted by Gasteiger charge is -2.33. The predicted molar refractivity (Wildman–Crippen MR) is 92.2 cm³/mol. The Bertz CT molecular complexity index is 678. The molecule has 0 radical (unpaired) electrons. The number of nitrogens with two attached hydrogens (primary N) is 1. The molecular weight excluding hydrogens is 304 g/mol. The van der Waals surface area contributed by atoms with Crippen LogP contribution in [0.15, 0.2) is 42.6 Å². The minimum absolute atomic E-state index is 0.145. The highest BCUT2D eigenvalue weighted by Crippen LogP contribution is 2.24. The average molecular weight is 326 g/mol. The largest absolute Gasteiger partial charge is 0.461 e. The van der Waals surface area contributed by atoms with E-state index >= 15 is 0 Å². The number of nitrogen functional groups attached to an aromatic ring is 1. The van der Waals surface area contributed by atoms with Gasteiger partial charge >= 0.3 is 5.97 Å². The summed E-state index contributed by atoms with van der Waals surface area (Å²) in [7, 11) is 0. The molecule has 0 aliphatic carbocycles. The van der Waals surface area contributed by atoms with Gasteiger partial charge in [-0.05, 0) is 30.4 Å². The molecule has 2 heterocycles. The van der Waals surface area contributed by atoms with E-state index in [0.29, 0.717) is 13.0 Å².